The van der Waals surface area contributed by atoms with Gasteiger partial charge in [0.2, 0.25) is 5.36 Å². The Hall–Kier alpha value is -3.05. The van der Waals surface area contributed by atoms with Gasteiger partial charge in [-0.15, -0.1) is 0 Å². The number of nitrogens with zero attached hydrogens (tertiary/aromatic N) is 6. The highest BCUT2D eigenvalue weighted by atomic mass is 16.5. The quantitative estimate of drug-likeness (QED) is 0.226. The molecule has 0 spiro atoms. The molecule has 3 aliphatic rings. The molecule has 2 aromatic rings. The van der Waals surface area contributed by atoms with Crippen LogP contribution >= 0.6 is 0 Å². The number of azide groups is 1. The normalized spacial score (nSPS) is 15.8. The van der Waals surface area contributed by atoms with Crippen LogP contribution in [0.5, 0.6) is 11.5 Å². The van der Waals surface area contributed by atoms with Gasteiger partial charge in [-0.1, -0.05) is 5.11 Å². The molecule has 0 aromatic heterocycles. The topological polar surface area (TPSA) is 76.6 Å². The van der Waals surface area contributed by atoms with E-state index in [0.717, 1.165) is 68.0 Å². The van der Waals surface area contributed by atoms with Gasteiger partial charge in [-0.25, -0.2) is 9.57 Å². The Labute approximate surface area is 163 Å². The molecule has 7 nitrogen and oxygen atoms in total. The Morgan fingerprint density at radius 1 is 1.21 bits per heavy atom. The second-order valence-electron chi connectivity index (χ2n) is 7.49. The van der Waals surface area contributed by atoms with Crippen molar-refractivity contribution in [1.82, 2.24) is 4.58 Å². The van der Waals surface area contributed by atoms with Crippen LogP contribution in [0, 0.1) is 0 Å². The van der Waals surface area contributed by atoms with E-state index in [9.17, 15) is 0 Å². The molecule has 0 atom stereocenters. The maximum atomic E-state index is 8.43. The summed E-state index contributed by atoms with van der Waals surface area (Å²) in [7, 11) is 0. The first-order chi connectivity index (χ1) is 13.8. The van der Waals surface area contributed by atoms with E-state index in [1.54, 1.807) is 0 Å². The monoisotopic (exact) mass is 375 g/mol. The molecule has 0 amide bonds. The van der Waals surface area contributed by atoms with Crippen molar-refractivity contribution < 1.29 is 4.74 Å². The zero-order chi connectivity index (χ0) is 19.1. The molecule has 7 heteroatoms. The second kappa shape index (κ2) is 6.84. The van der Waals surface area contributed by atoms with Crippen molar-refractivity contribution >= 4 is 11.4 Å². The summed E-state index contributed by atoms with van der Waals surface area (Å²) in [4.78, 5) is 10.1. The van der Waals surface area contributed by atoms with Crippen molar-refractivity contribution in [2.24, 2.45) is 10.1 Å². The van der Waals surface area contributed by atoms with E-state index in [1.165, 1.54) is 22.2 Å². The molecule has 0 bridgehead atoms. The van der Waals surface area contributed by atoms with Crippen LogP contribution in [0.15, 0.2) is 34.4 Å². The molecular formula is C21H23N6O+. The number of likely N-dealkylation sites (N-methyl/N-ethyl adjacent to an activating group) is 1. The molecule has 28 heavy (non-hydrogen) atoms. The number of hydrogen-bond donors (Lipinski definition) is 0. The van der Waals surface area contributed by atoms with E-state index in [1.807, 2.05) is 0 Å². The van der Waals surface area contributed by atoms with Gasteiger partial charge in [0.25, 0.3) is 0 Å². The molecule has 0 radical (unpaired) electrons. The fraction of sp³-hybridized carbons (Fsp3) is 0.429. The first-order valence-corrected chi connectivity index (χ1v) is 10.0. The van der Waals surface area contributed by atoms with Crippen molar-refractivity contribution in [3.8, 4) is 11.5 Å². The largest absolute Gasteiger partial charge is 0.452 e. The number of ether oxygens (including phenoxy) is 1. The van der Waals surface area contributed by atoms with Crippen molar-refractivity contribution in [3.63, 3.8) is 0 Å². The third-order valence-electron chi connectivity index (χ3n) is 5.90. The Morgan fingerprint density at radius 3 is 3.00 bits per heavy atom. The van der Waals surface area contributed by atoms with E-state index < -0.39 is 0 Å². The standard InChI is InChI=1S/C21H23N6O/c1-2-26-8-4-14-10-16-20(12-18(14)26)28-21-13-19-15(11-17(21)24-16)5-9-27(19)7-3-6-23-25-22/h10-13H,2-9H2,1H3/q+1. The number of hydrogen-bond acceptors (Lipinski definition) is 4. The highest BCUT2D eigenvalue weighted by molar-refractivity contribution is 5.70. The van der Waals surface area contributed by atoms with Crippen LogP contribution in [-0.4, -0.2) is 32.7 Å². The summed E-state index contributed by atoms with van der Waals surface area (Å²) in [5, 5.41) is 5.78. The summed E-state index contributed by atoms with van der Waals surface area (Å²) in [5.74, 6) is 1.67. The summed E-state index contributed by atoms with van der Waals surface area (Å²) < 4.78 is 8.65. The summed E-state index contributed by atoms with van der Waals surface area (Å²) >= 11 is 0. The highest BCUT2D eigenvalue weighted by Crippen LogP contribution is 2.41. The first kappa shape index (κ1) is 17.1. The van der Waals surface area contributed by atoms with Gasteiger partial charge in [-0.3, -0.25) is 0 Å². The minimum absolute atomic E-state index is 0.533. The summed E-state index contributed by atoms with van der Waals surface area (Å²) in [6.45, 7) is 6.68. The molecule has 0 saturated heterocycles. The lowest BCUT2D eigenvalue weighted by atomic mass is 10.1. The van der Waals surface area contributed by atoms with Crippen molar-refractivity contribution in [3.05, 3.63) is 56.5 Å². The van der Waals surface area contributed by atoms with Gasteiger partial charge in [0, 0.05) is 54.7 Å². The van der Waals surface area contributed by atoms with Crippen molar-refractivity contribution in [2.45, 2.75) is 26.2 Å². The summed E-state index contributed by atoms with van der Waals surface area (Å²) in [6.07, 6.45) is 2.95. The van der Waals surface area contributed by atoms with Crippen LogP contribution < -0.4 is 24.9 Å². The van der Waals surface area contributed by atoms with Gasteiger partial charge in [-0.05, 0) is 36.6 Å². The van der Waals surface area contributed by atoms with Gasteiger partial charge in [0.1, 0.15) is 24.1 Å². The van der Waals surface area contributed by atoms with Crippen LogP contribution in [0.1, 0.15) is 24.5 Å². The Balaban J connectivity index is 1.52. The lowest BCUT2D eigenvalue weighted by Crippen LogP contribution is -2.29. The molecule has 3 heterocycles. The smallest absolute Gasteiger partial charge is 0.207 e. The summed E-state index contributed by atoms with van der Waals surface area (Å²) in [5.41, 5.74) is 13.3. The van der Waals surface area contributed by atoms with Crippen LogP contribution in [0.25, 0.3) is 10.4 Å². The average molecular weight is 375 g/mol. The van der Waals surface area contributed by atoms with Crippen LogP contribution in [-0.2, 0) is 12.8 Å². The molecule has 142 valence electrons. The van der Waals surface area contributed by atoms with Gasteiger partial charge < -0.3 is 9.64 Å². The fourth-order valence-electron chi connectivity index (χ4n) is 4.47. The van der Waals surface area contributed by atoms with Gasteiger partial charge in [0.15, 0.2) is 11.5 Å². The lowest BCUT2D eigenvalue weighted by molar-refractivity contribution is 0.468. The van der Waals surface area contributed by atoms with E-state index >= 15 is 0 Å². The van der Waals surface area contributed by atoms with Crippen LogP contribution in [0.3, 0.4) is 0 Å². The molecule has 2 aromatic carbocycles. The zero-order valence-electron chi connectivity index (χ0n) is 16.1. The molecule has 0 N–H and O–H groups in total. The molecule has 0 saturated carbocycles. The second-order valence-corrected chi connectivity index (χ2v) is 7.49. The van der Waals surface area contributed by atoms with Crippen LogP contribution in [0.2, 0.25) is 0 Å². The third-order valence-corrected chi connectivity index (χ3v) is 5.90. The summed E-state index contributed by atoms with van der Waals surface area (Å²) in [6, 6.07) is 8.64. The Morgan fingerprint density at radius 2 is 2.14 bits per heavy atom. The third kappa shape index (κ3) is 2.79. The zero-order valence-corrected chi connectivity index (χ0v) is 16.1. The Bertz CT molecular complexity index is 1130. The van der Waals surface area contributed by atoms with Gasteiger partial charge in [0.05, 0.1) is 6.07 Å². The number of anilines is 1. The van der Waals surface area contributed by atoms with Crippen molar-refractivity contribution in [1.29, 1.82) is 0 Å². The predicted octanol–water partition coefficient (Wildman–Crippen LogP) is 2.87. The molecule has 3 aliphatic heterocycles. The molecule has 0 fully saturated rings. The highest BCUT2D eigenvalue weighted by Gasteiger charge is 2.25. The maximum Gasteiger partial charge on any atom is 0.207 e. The van der Waals surface area contributed by atoms with Gasteiger partial charge in [-0.2, -0.15) is 0 Å². The fourth-order valence-corrected chi connectivity index (χ4v) is 4.47. The predicted molar refractivity (Wildman–Crippen MR) is 108 cm³/mol. The molecule has 0 unspecified atom stereocenters. The van der Waals surface area contributed by atoms with E-state index in [-0.39, 0.29) is 0 Å². The first-order valence-electron chi connectivity index (χ1n) is 10.0. The molecular weight excluding hydrogens is 352 g/mol. The maximum absolute atomic E-state index is 8.43. The Kier molecular flexibility index (Phi) is 4.17. The number of fused-ring (bicyclic) bond motifs is 4. The van der Waals surface area contributed by atoms with E-state index in [0.29, 0.717) is 6.54 Å². The SMILES string of the molecule is CCN1CCc2cc3c(cc21)Oc1cc2c(cc1=N3)CC[N+]=2CCCN=[N+]=[N-]. The average Bonchev–Trinajstić information content (AvgIpc) is 3.29. The van der Waals surface area contributed by atoms with E-state index in [2.05, 4.69) is 50.7 Å². The minimum atomic E-state index is 0.533. The molecule has 0 aliphatic carbocycles. The minimum Gasteiger partial charge on any atom is -0.452 e. The van der Waals surface area contributed by atoms with Crippen molar-refractivity contribution in [2.75, 3.05) is 37.6 Å². The van der Waals surface area contributed by atoms with Gasteiger partial charge >= 0.3 is 0 Å². The van der Waals surface area contributed by atoms with Crippen LogP contribution in [0.4, 0.5) is 11.4 Å². The van der Waals surface area contributed by atoms with E-state index in [4.69, 9.17) is 15.3 Å². The number of benzene rings is 2. The lowest BCUT2D eigenvalue weighted by Gasteiger charge is -2.20. The number of rotatable bonds is 5. The molecule has 5 rings (SSSR count).